The third-order valence-electron chi connectivity index (χ3n) is 2.86. The van der Waals surface area contributed by atoms with Crippen molar-refractivity contribution in [2.45, 2.75) is 12.5 Å². The van der Waals surface area contributed by atoms with Gasteiger partial charge in [0, 0.05) is 29.6 Å². The number of rotatable bonds is 2. The molecule has 5 heteroatoms. The summed E-state index contributed by atoms with van der Waals surface area (Å²) in [5, 5.41) is 2.06. The van der Waals surface area contributed by atoms with Gasteiger partial charge in [-0.15, -0.1) is 11.3 Å². The van der Waals surface area contributed by atoms with Gasteiger partial charge in [0.1, 0.15) is 0 Å². The van der Waals surface area contributed by atoms with Crippen molar-refractivity contribution in [2.75, 3.05) is 11.5 Å². The van der Waals surface area contributed by atoms with Gasteiger partial charge in [-0.3, -0.25) is 4.40 Å². The van der Waals surface area contributed by atoms with E-state index in [0.29, 0.717) is 12.0 Å². The van der Waals surface area contributed by atoms with Gasteiger partial charge in [0.05, 0.1) is 5.69 Å². The van der Waals surface area contributed by atoms with Gasteiger partial charge in [0.2, 0.25) is 0 Å². The van der Waals surface area contributed by atoms with E-state index in [-0.39, 0.29) is 0 Å². The van der Waals surface area contributed by atoms with Crippen LogP contribution in [0.4, 0.5) is 0 Å². The lowest BCUT2D eigenvalue weighted by Gasteiger charge is -2.11. The van der Waals surface area contributed by atoms with Crippen LogP contribution >= 0.6 is 23.1 Å². The average Bonchev–Trinajstić information content (AvgIpc) is 2.83. The number of nitrogens with two attached hydrogens (primary N) is 1. The van der Waals surface area contributed by atoms with Crippen LogP contribution in [0.25, 0.3) is 4.96 Å². The Morgan fingerprint density at radius 2 is 2.47 bits per heavy atom. The highest BCUT2D eigenvalue weighted by Gasteiger charge is 2.25. The molecule has 0 aliphatic carbocycles. The Hall–Kier alpha value is -0.520. The second-order valence-corrected chi connectivity index (χ2v) is 5.94. The molecule has 15 heavy (non-hydrogen) atoms. The van der Waals surface area contributed by atoms with Gasteiger partial charge >= 0.3 is 0 Å². The fraction of sp³-hybridized carbons (Fsp3) is 0.500. The summed E-state index contributed by atoms with van der Waals surface area (Å²) >= 11 is 3.64. The number of aromatic nitrogens is 2. The number of imidazole rings is 1. The molecular formula is C10H13N3S2. The molecule has 0 bridgehead atoms. The van der Waals surface area contributed by atoms with Crippen LogP contribution in [-0.4, -0.2) is 26.9 Å². The maximum absolute atomic E-state index is 6.04. The van der Waals surface area contributed by atoms with Gasteiger partial charge in [0.25, 0.3) is 0 Å². The Morgan fingerprint density at radius 1 is 1.53 bits per heavy atom. The standard InChI is InChI=1S/C10H13N3S2/c11-9-6-14-5-7(9)3-8-4-13-1-2-15-10(13)12-8/h1-2,4,7,9H,3,5-6,11H2. The molecule has 2 unspecified atom stereocenters. The Kier molecular flexibility index (Phi) is 2.46. The number of thiazole rings is 1. The Balaban J connectivity index is 1.80. The second-order valence-electron chi connectivity index (χ2n) is 3.99. The summed E-state index contributed by atoms with van der Waals surface area (Å²) in [6.45, 7) is 0. The minimum absolute atomic E-state index is 0.356. The number of hydrogen-bond donors (Lipinski definition) is 1. The topological polar surface area (TPSA) is 43.3 Å². The van der Waals surface area contributed by atoms with Gasteiger partial charge in [-0.1, -0.05) is 0 Å². The van der Waals surface area contributed by atoms with Crippen LogP contribution in [0, 0.1) is 5.92 Å². The summed E-state index contributed by atoms with van der Waals surface area (Å²) in [6, 6.07) is 0.356. The molecule has 80 valence electrons. The van der Waals surface area contributed by atoms with Crippen molar-refractivity contribution in [1.82, 2.24) is 9.38 Å². The van der Waals surface area contributed by atoms with Crippen LogP contribution in [-0.2, 0) is 6.42 Å². The third kappa shape index (κ3) is 1.79. The number of nitrogens with zero attached hydrogens (tertiary/aromatic N) is 2. The predicted octanol–water partition coefficient (Wildman–Crippen LogP) is 1.63. The molecule has 2 N–H and O–H groups in total. The first-order valence-corrected chi connectivity index (χ1v) is 7.11. The first kappa shape index (κ1) is 9.69. The summed E-state index contributed by atoms with van der Waals surface area (Å²) in [4.78, 5) is 5.67. The zero-order valence-corrected chi connectivity index (χ0v) is 9.93. The lowest BCUT2D eigenvalue weighted by Crippen LogP contribution is -2.29. The third-order valence-corrected chi connectivity index (χ3v) is 4.92. The van der Waals surface area contributed by atoms with Crippen molar-refractivity contribution in [3.05, 3.63) is 23.5 Å². The van der Waals surface area contributed by atoms with Gasteiger partial charge < -0.3 is 5.73 Å². The van der Waals surface area contributed by atoms with Crippen molar-refractivity contribution < 1.29 is 0 Å². The molecule has 0 saturated carbocycles. The highest BCUT2D eigenvalue weighted by atomic mass is 32.2. The zero-order valence-electron chi connectivity index (χ0n) is 8.30. The lowest BCUT2D eigenvalue weighted by molar-refractivity contribution is 0.510. The minimum Gasteiger partial charge on any atom is -0.327 e. The zero-order chi connectivity index (χ0) is 10.3. The molecule has 0 amide bonds. The summed E-state index contributed by atoms with van der Waals surface area (Å²) in [5.41, 5.74) is 7.23. The van der Waals surface area contributed by atoms with Crippen LogP contribution in [0.15, 0.2) is 17.8 Å². The maximum atomic E-state index is 6.04. The van der Waals surface area contributed by atoms with Crippen LogP contribution in [0.3, 0.4) is 0 Å². The lowest BCUT2D eigenvalue weighted by atomic mass is 9.99. The fourth-order valence-electron chi connectivity index (χ4n) is 1.97. The fourth-order valence-corrected chi connectivity index (χ4v) is 4.04. The van der Waals surface area contributed by atoms with Crippen LogP contribution < -0.4 is 5.73 Å². The first-order chi connectivity index (χ1) is 7.33. The second kappa shape index (κ2) is 3.81. The largest absolute Gasteiger partial charge is 0.327 e. The summed E-state index contributed by atoms with van der Waals surface area (Å²) in [7, 11) is 0. The molecule has 0 radical (unpaired) electrons. The molecule has 3 nitrogen and oxygen atoms in total. The van der Waals surface area contributed by atoms with Gasteiger partial charge in [-0.25, -0.2) is 4.98 Å². The van der Waals surface area contributed by atoms with Crippen molar-refractivity contribution in [3.63, 3.8) is 0 Å². The molecule has 1 aliphatic heterocycles. The summed E-state index contributed by atoms with van der Waals surface area (Å²) < 4.78 is 2.09. The smallest absolute Gasteiger partial charge is 0.193 e. The van der Waals surface area contributed by atoms with Crippen molar-refractivity contribution >= 4 is 28.1 Å². The van der Waals surface area contributed by atoms with Crippen molar-refractivity contribution in [1.29, 1.82) is 0 Å². The van der Waals surface area contributed by atoms with Crippen LogP contribution in [0.1, 0.15) is 5.69 Å². The van der Waals surface area contributed by atoms with E-state index < -0.39 is 0 Å². The van der Waals surface area contributed by atoms with E-state index in [1.54, 1.807) is 11.3 Å². The van der Waals surface area contributed by atoms with Crippen LogP contribution in [0.2, 0.25) is 0 Å². The van der Waals surface area contributed by atoms with E-state index in [4.69, 9.17) is 5.73 Å². The molecular weight excluding hydrogens is 226 g/mol. The van der Waals surface area contributed by atoms with E-state index in [2.05, 4.69) is 27.2 Å². The molecule has 3 rings (SSSR count). The van der Waals surface area contributed by atoms with E-state index >= 15 is 0 Å². The van der Waals surface area contributed by atoms with Gasteiger partial charge in [0.15, 0.2) is 4.96 Å². The highest BCUT2D eigenvalue weighted by molar-refractivity contribution is 7.99. The Morgan fingerprint density at radius 3 is 3.20 bits per heavy atom. The summed E-state index contributed by atoms with van der Waals surface area (Å²) in [6.07, 6.45) is 5.21. The number of thioether (sulfide) groups is 1. The van der Waals surface area contributed by atoms with E-state index in [1.165, 1.54) is 11.4 Å². The number of fused-ring (bicyclic) bond motifs is 1. The average molecular weight is 239 g/mol. The quantitative estimate of drug-likeness (QED) is 0.866. The van der Waals surface area contributed by atoms with Crippen molar-refractivity contribution in [3.8, 4) is 0 Å². The predicted molar refractivity (Wildman–Crippen MR) is 65.6 cm³/mol. The Labute approximate surface area is 96.7 Å². The molecule has 1 saturated heterocycles. The molecule has 2 aromatic heterocycles. The maximum Gasteiger partial charge on any atom is 0.193 e. The minimum atomic E-state index is 0.356. The Bertz CT molecular complexity index is 433. The molecule has 0 aromatic carbocycles. The monoisotopic (exact) mass is 239 g/mol. The summed E-state index contributed by atoms with van der Waals surface area (Å²) in [5.74, 6) is 2.90. The van der Waals surface area contributed by atoms with E-state index in [1.807, 2.05) is 11.8 Å². The molecule has 2 atom stereocenters. The molecule has 1 fully saturated rings. The normalized spacial score (nSPS) is 26.5. The number of hydrogen-bond acceptors (Lipinski definition) is 4. The molecule has 2 aromatic rings. The van der Waals surface area contributed by atoms with Gasteiger partial charge in [-0.2, -0.15) is 11.8 Å². The van der Waals surface area contributed by atoms with Gasteiger partial charge in [-0.05, 0) is 18.1 Å². The SMILES string of the molecule is NC1CSCC1Cc1cn2ccsc2n1. The molecule has 1 aliphatic rings. The van der Waals surface area contributed by atoms with E-state index in [9.17, 15) is 0 Å². The molecule has 3 heterocycles. The van der Waals surface area contributed by atoms with Crippen LogP contribution in [0.5, 0.6) is 0 Å². The highest BCUT2D eigenvalue weighted by Crippen LogP contribution is 2.26. The van der Waals surface area contributed by atoms with Crippen molar-refractivity contribution in [2.24, 2.45) is 11.7 Å². The van der Waals surface area contributed by atoms with E-state index in [0.717, 1.165) is 17.1 Å². The first-order valence-electron chi connectivity index (χ1n) is 5.07. The molecule has 0 spiro atoms.